The monoisotopic (exact) mass is 496 g/mol. The van der Waals surface area contributed by atoms with Crippen LogP contribution in [0.2, 0.25) is 0 Å². The Hall–Kier alpha value is -3.69. The summed E-state index contributed by atoms with van der Waals surface area (Å²) in [5.74, 6) is -0.346. The quantitative estimate of drug-likeness (QED) is 0.324. The Morgan fingerprint density at radius 3 is 2.18 bits per heavy atom. The summed E-state index contributed by atoms with van der Waals surface area (Å²) in [6.07, 6.45) is 0. The Bertz CT molecular complexity index is 1440. The number of thiophene rings is 1. The van der Waals surface area contributed by atoms with Gasteiger partial charge in [-0.1, -0.05) is 17.7 Å². The minimum atomic E-state index is -4.07. The summed E-state index contributed by atoms with van der Waals surface area (Å²) in [6, 6.07) is 18.3. The number of nitrogens with two attached hydrogens (primary N) is 1. The number of benzene rings is 3. The first-order valence-electron chi connectivity index (χ1n) is 10.2. The van der Waals surface area contributed by atoms with Gasteiger partial charge in [-0.25, -0.2) is 12.8 Å². The fourth-order valence-corrected chi connectivity index (χ4v) is 6.25. The van der Waals surface area contributed by atoms with Crippen LogP contribution < -0.4 is 15.8 Å². The molecular weight excluding hydrogens is 475 g/mol. The van der Waals surface area contributed by atoms with Gasteiger partial charge in [-0.05, 0) is 67.6 Å². The van der Waals surface area contributed by atoms with Gasteiger partial charge in [-0.15, -0.1) is 11.3 Å². The molecule has 4 aromatic rings. The first kappa shape index (κ1) is 23.5. The molecule has 6 nitrogen and oxygen atoms in total. The lowest BCUT2D eigenvalue weighted by molar-refractivity contribution is 0.104. The van der Waals surface area contributed by atoms with E-state index < -0.39 is 21.4 Å². The lowest BCUT2D eigenvalue weighted by atomic mass is 10.1. The van der Waals surface area contributed by atoms with Gasteiger partial charge in [-0.3, -0.25) is 4.79 Å². The minimum Gasteiger partial charge on any atom is -0.497 e. The van der Waals surface area contributed by atoms with Crippen LogP contribution in [0, 0.1) is 12.7 Å². The van der Waals surface area contributed by atoms with Crippen LogP contribution in [-0.2, 0) is 9.84 Å². The van der Waals surface area contributed by atoms with E-state index in [9.17, 15) is 17.6 Å². The molecule has 3 N–H and O–H groups in total. The number of methoxy groups -OCH3 is 1. The van der Waals surface area contributed by atoms with Crippen molar-refractivity contribution in [3.05, 3.63) is 94.6 Å². The molecule has 0 bridgehead atoms. The summed E-state index contributed by atoms with van der Waals surface area (Å²) < 4.78 is 45.7. The second kappa shape index (κ2) is 9.28. The Labute approximate surface area is 200 Å². The topological polar surface area (TPSA) is 98.5 Å². The maximum absolute atomic E-state index is 13.6. The van der Waals surface area contributed by atoms with Crippen molar-refractivity contribution < 1.29 is 22.3 Å². The van der Waals surface area contributed by atoms with E-state index in [1.807, 2.05) is 6.92 Å². The molecule has 0 atom stereocenters. The number of aryl methyl sites for hydroxylation is 1. The van der Waals surface area contributed by atoms with Crippen LogP contribution in [-0.4, -0.2) is 21.3 Å². The second-order valence-corrected chi connectivity index (χ2v) is 10.4. The fourth-order valence-electron chi connectivity index (χ4n) is 3.32. The van der Waals surface area contributed by atoms with Gasteiger partial charge >= 0.3 is 0 Å². The Morgan fingerprint density at radius 1 is 0.971 bits per heavy atom. The number of ketones is 1. The first-order valence-corrected chi connectivity index (χ1v) is 12.5. The number of halogens is 1. The molecule has 3 aromatic carbocycles. The average Bonchev–Trinajstić information content (AvgIpc) is 3.16. The minimum absolute atomic E-state index is 0.0494. The number of anilines is 3. The molecule has 34 heavy (non-hydrogen) atoms. The second-order valence-electron chi connectivity index (χ2n) is 7.51. The predicted octanol–water partition coefficient (Wildman–Crippen LogP) is 5.59. The predicted molar refractivity (Wildman–Crippen MR) is 131 cm³/mol. The van der Waals surface area contributed by atoms with Gasteiger partial charge in [0.2, 0.25) is 15.6 Å². The van der Waals surface area contributed by atoms with Gasteiger partial charge < -0.3 is 15.8 Å². The smallest absolute Gasteiger partial charge is 0.211 e. The molecule has 0 radical (unpaired) electrons. The molecular formula is C25H21FN2O4S2. The first-order chi connectivity index (χ1) is 16.2. The van der Waals surface area contributed by atoms with E-state index in [0.717, 1.165) is 29.0 Å². The Kier molecular flexibility index (Phi) is 6.41. The molecule has 0 amide bonds. The Balaban J connectivity index is 1.85. The van der Waals surface area contributed by atoms with Crippen molar-refractivity contribution in [2.45, 2.75) is 16.7 Å². The van der Waals surface area contributed by atoms with E-state index >= 15 is 0 Å². The van der Waals surface area contributed by atoms with Crippen LogP contribution in [0.5, 0.6) is 5.75 Å². The highest BCUT2D eigenvalue weighted by atomic mass is 32.2. The van der Waals surface area contributed by atoms with Gasteiger partial charge in [-0.2, -0.15) is 0 Å². The van der Waals surface area contributed by atoms with E-state index in [-0.39, 0.29) is 30.9 Å². The number of nitrogens with one attached hydrogen (secondary N) is 1. The molecule has 0 unspecified atom stereocenters. The summed E-state index contributed by atoms with van der Waals surface area (Å²) in [5, 5.41) is 3.28. The van der Waals surface area contributed by atoms with E-state index in [2.05, 4.69) is 5.32 Å². The number of carbonyl (C=O) groups excluding carboxylic acids is 1. The normalized spacial score (nSPS) is 11.3. The zero-order chi connectivity index (χ0) is 24.5. The zero-order valence-electron chi connectivity index (χ0n) is 18.3. The van der Waals surface area contributed by atoms with Crippen molar-refractivity contribution in [1.82, 2.24) is 0 Å². The van der Waals surface area contributed by atoms with Crippen molar-refractivity contribution in [2.75, 3.05) is 18.2 Å². The molecule has 0 spiro atoms. The molecule has 1 heterocycles. The molecule has 0 fully saturated rings. The van der Waals surface area contributed by atoms with Crippen LogP contribution in [0.1, 0.15) is 20.8 Å². The van der Waals surface area contributed by atoms with E-state index in [1.165, 1.54) is 24.3 Å². The van der Waals surface area contributed by atoms with E-state index in [1.54, 1.807) is 43.5 Å². The average molecular weight is 497 g/mol. The molecule has 0 aliphatic carbocycles. The maximum atomic E-state index is 13.6. The third kappa shape index (κ3) is 4.52. The van der Waals surface area contributed by atoms with Crippen molar-refractivity contribution in [3.63, 3.8) is 0 Å². The molecule has 4 rings (SSSR count). The molecule has 9 heteroatoms. The van der Waals surface area contributed by atoms with Crippen LogP contribution in [0.3, 0.4) is 0 Å². The number of rotatable bonds is 7. The van der Waals surface area contributed by atoms with E-state index in [4.69, 9.17) is 10.5 Å². The standard InChI is InChI=1S/C25H21FN2O4S2/c1-15-3-13-20(14-4-15)34(30,31)24-21(27)23(22(29)16-5-7-17(26)8-6-16)33-25(24)28-18-9-11-19(32-2)12-10-18/h3-14,28H,27H2,1-2H3. The zero-order valence-corrected chi connectivity index (χ0v) is 20.0. The molecule has 0 saturated heterocycles. The number of hydrogen-bond acceptors (Lipinski definition) is 7. The number of carbonyl (C=O) groups is 1. The van der Waals surface area contributed by atoms with Crippen molar-refractivity contribution in [3.8, 4) is 5.75 Å². The lowest BCUT2D eigenvalue weighted by Gasteiger charge is -2.10. The van der Waals surface area contributed by atoms with E-state index in [0.29, 0.717) is 11.4 Å². The van der Waals surface area contributed by atoms with Crippen molar-refractivity contribution in [1.29, 1.82) is 0 Å². The van der Waals surface area contributed by atoms with Crippen LogP contribution in [0.4, 0.5) is 20.8 Å². The summed E-state index contributed by atoms with van der Waals surface area (Å²) in [7, 11) is -2.52. The number of ether oxygens (including phenoxy) is 1. The van der Waals surface area contributed by atoms with Gasteiger partial charge in [0.25, 0.3) is 0 Å². The highest BCUT2D eigenvalue weighted by molar-refractivity contribution is 7.92. The molecule has 174 valence electrons. The summed E-state index contributed by atoms with van der Waals surface area (Å²) in [6.45, 7) is 1.85. The number of nitrogen functional groups attached to an aromatic ring is 1. The van der Waals surface area contributed by atoms with Gasteiger partial charge in [0.1, 0.15) is 26.3 Å². The SMILES string of the molecule is COc1ccc(Nc2sc(C(=O)c3ccc(F)cc3)c(N)c2S(=O)(=O)c2ccc(C)cc2)cc1. The van der Waals surface area contributed by atoms with Crippen LogP contribution >= 0.6 is 11.3 Å². The number of hydrogen-bond donors (Lipinski definition) is 2. The fraction of sp³-hybridized carbons (Fsp3) is 0.0800. The van der Waals surface area contributed by atoms with Crippen LogP contribution in [0.15, 0.2) is 82.6 Å². The lowest BCUT2D eigenvalue weighted by Crippen LogP contribution is -2.08. The molecule has 0 aliphatic rings. The third-order valence-electron chi connectivity index (χ3n) is 5.16. The van der Waals surface area contributed by atoms with Crippen molar-refractivity contribution in [2.24, 2.45) is 0 Å². The summed E-state index contributed by atoms with van der Waals surface area (Å²) >= 11 is 0.933. The molecule has 0 aliphatic heterocycles. The third-order valence-corrected chi connectivity index (χ3v) is 8.26. The number of sulfone groups is 1. The Morgan fingerprint density at radius 2 is 1.59 bits per heavy atom. The highest BCUT2D eigenvalue weighted by Gasteiger charge is 2.31. The highest BCUT2D eigenvalue weighted by Crippen LogP contribution is 2.44. The van der Waals surface area contributed by atoms with Crippen LogP contribution in [0.25, 0.3) is 0 Å². The van der Waals surface area contributed by atoms with Gasteiger partial charge in [0.05, 0.1) is 17.7 Å². The summed E-state index contributed by atoms with van der Waals surface area (Å²) in [4.78, 5) is 13.1. The molecule has 1 aromatic heterocycles. The summed E-state index contributed by atoms with van der Waals surface area (Å²) in [5.41, 5.74) is 7.83. The van der Waals surface area contributed by atoms with Crippen molar-refractivity contribution >= 4 is 43.3 Å². The molecule has 0 saturated carbocycles. The maximum Gasteiger partial charge on any atom is 0.211 e. The van der Waals surface area contributed by atoms with Gasteiger partial charge in [0, 0.05) is 11.3 Å². The van der Waals surface area contributed by atoms with Gasteiger partial charge in [0.15, 0.2) is 0 Å². The largest absolute Gasteiger partial charge is 0.497 e.